The van der Waals surface area contributed by atoms with Crippen molar-refractivity contribution in [3.05, 3.63) is 17.8 Å². The van der Waals surface area contributed by atoms with E-state index in [2.05, 4.69) is 39.7 Å². The van der Waals surface area contributed by atoms with Crippen molar-refractivity contribution in [2.45, 2.75) is 24.8 Å². The van der Waals surface area contributed by atoms with Crippen LogP contribution < -0.4 is 5.32 Å². The topological polar surface area (TPSA) is 41.0 Å². The van der Waals surface area contributed by atoms with Gasteiger partial charge >= 0.3 is 0 Å². The van der Waals surface area contributed by atoms with Gasteiger partial charge in [-0.25, -0.2) is 9.97 Å². The third kappa shape index (κ3) is 1.87. The number of likely N-dealkylation sites (N-methyl/N-ethyl adjacent to an activating group) is 1. The molecular weight excluding hydrogens is 244 g/mol. The van der Waals surface area contributed by atoms with Gasteiger partial charge in [-0.1, -0.05) is 0 Å². The maximum absolute atomic E-state index is 4.37. The molecule has 0 spiro atoms. The van der Waals surface area contributed by atoms with Crippen molar-refractivity contribution in [1.82, 2.24) is 14.9 Å². The van der Waals surface area contributed by atoms with Crippen LogP contribution in [0.4, 0.5) is 5.82 Å². The van der Waals surface area contributed by atoms with Gasteiger partial charge in [-0.2, -0.15) is 0 Å². The lowest BCUT2D eigenvalue weighted by Gasteiger charge is -2.47. The number of aromatic nitrogens is 2. The summed E-state index contributed by atoms with van der Waals surface area (Å²) in [4.78, 5) is 11.0. The minimum absolute atomic E-state index is 0.314. The van der Waals surface area contributed by atoms with Gasteiger partial charge in [0.1, 0.15) is 12.1 Å². The Morgan fingerprint density at radius 2 is 2.22 bits per heavy atom. The molecule has 0 aromatic carbocycles. The maximum Gasteiger partial charge on any atom is 0.147 e. The van der Waals surface area contributed by atoms with Crippen molar-refractivity contribution in [3.63, 3.8) is 0 Å². The Balaban J connectivity index is 1.79. The fraction of sp³-hybridized carbons (Fsp3) is 0.538. The number of hydrogen-bond donors (Lipinski definition) is 1. The Kier molecular flexibility index (Phi) is 2.95. The van der Waals surface area contributed by atoms with E-state index in [0.29, 0.717) is 5.54 Å². The molecule has 1 aliphatic rings. The molecule has 2 heterocycles. The summed E-state index contributed by atoms with van der Waals surface area (Å²) >= 11 is 1.70. The van der Waals surface area contributed by atoms with Gasteiger partial charge in [-0.3, -0.25) is 0 Å². The number of hydrogen-bond acceptors (Lipinski definition) is 5. The van der Waals surface area contributed by atoms with E-state index >= 15 is 0 Å². The smallest absolute Gasteiger partial charge is 0.147 e. The van der Waals surface area contributed by atoms with E-state index < -0.39 is 0 Å². The second kappa shape index (κ2) is 4.48. The molecule has 2 aromatic heterocycles. The number of anilines is 1. The van der Waals surface area contributed by atoms with Gasteiger partial charge in [0.25, 0.3) is 0 Å². The minimum Gasteiger partial charge on any atom is -0.367 e. The van der Waals surface area contributed by atoms with E-state index in [1.165, 1.54) is 19.3 Å². The average Bonchev–Trinajstić information content (AvgIpc) is 2.75. The van der Waals surface area contributed by atoms with E-state index in [4.69, 9.17) is 0 Å². The molecule has 0 unspecified atom stereocenters. The second-order valence-corrected chi connectivity index (χ2v) is 6.10. The average molecular weight is 262 g/mol. The molecule has 18 heavy (non-hydrogen) atoms. The van der Waals surface area contributed by atoms with Crippen LogP contribution in [0, 0.1) is 0 Å². The molecule has 0 radical (unpaired) electrons. The fourth-order valence-electron chi connectivity index (χ4n) is 2.53. The molecule has 0 atom stereocenters. The first-order valence-corrected chi connectivity index (χ1v) is 7.19. The van der Waals surface area contributed by atoms with Crippen molar-refractivity contribution >= 4 is 27.4 Å². The lowest BCUT2D eigenvalue weighted by Crippen LogP contribution is -2.54. The first-order chi connectivity index (χ1) is 8.71. The molecule has 2 aromatic rings. The Morgan fingerprint density at radius 1 is 1.39 bits per heavy atom. The van der Waals surface area contributed by atoms with Gasteiger partial charge in [-0.15, -0.1) is 11.3 Å². The van der Waals surface area contributed by atoms with Gasteiger partial charge in [0.15, 0.2) is 0 Å². The molecular formula is C13H18N4S. The lowest BCUT2D eigenvalue weighted by molar-refractivity contribution is 0.0738. The van der Waals surface area contributed by atoms with Crippen molar-refractivity contribution in [2.24, 2.45) is 0 Å². The minimum atomic E-state index is 0.314. The highest BCUT2D eigenvalue weighted by Gasteiger charge is 2.38. The molecule has 5 heteroatoms. The van der Waals surface area contributed by atoms with E-state index in [0.717, 1.165) is 22.6 Å². The molecule has 0 amide bonds. The largest absolute Gasteiger partial charge is 0.367 e. The summed E-state index contributed by atoms with van der Waals surface area (Å²) in [6, 6.07) is 2.04. The Bertz CT molecular complexity index is 545. The summed E-state index contributed by atoms with van der Waals surface area (Å²) in [5, 5.41) is 5.58. The Morgan fingerprint density at radius 3 is 2.89 bits per heavy atom. The predicted molar refractivity (Wildman–Crippen MR) is 76.2 cm³/mol. The molecule has 1 aliphatic carbocycles. The van der Waals surface area contributed by atoms with Crippen LogP contribution in [0.15, 0.2) is 17.8 Å². The summed E-state index contributed by atoms with van der Waals surface area (Å²) in [5.41, 5.74) is 1.35. The highest BCUT2D eigenvalue weighted by atomic mass is 32.1. The van der Waals surface area contributed by atoms with Gasteiger partial charge in [-0.05, 0) is 44.8 Å². The molecule has 3 rings (SSSR count). The van der Waals surface area contributed by atoms with Gasteiger partial charge in [0.2, 0.25) is 0 Å². The molecule has 0 bridgehead atoms. The molecule has 96 valence electrons. The molecule has 1 N–H and O–H groups in total. The van der Waals surface area contributed by atoms with Gasteiger partial charge in [0, 0.05) is 12.1 Å². The zero-order valence-corrected chi connectivity index (χ0v) is 11.6. The third-order valence-corrected chi connectivity index (χ3v) is 4.97. The van der Waals surface area contributed by atoms with E-state index in [1.54, 1.807) is 17.7 Å². The van der Waals surface area contributed by atoms with Crippen LogP contribution >= 0.6 is 11.3 Å². The number of thiophene rings is 1. The van der Waals surface area contributed by atoms with Crippen LogP contribution in [0.1, 0.15) is 19.3 Å². The monoisotopic (exact) mass is 262 g/mol. The zero-order chi connectivity index (χ0) is 12.6. The second-order valence-electron chi connectivity index (χ2n) is 5.18. The summed E-state index contributed by atoms with van der Waals surface area (Å²) in [6.45, 7) is 0.962. The van der Waals surface area contributed by atoms with Crippen LogP contribution in [-0.4, -0.2) is 41.0 Å². The fourth-order valence-corrected chi connectivity index (χ4v) is 3.34. The van der Waals surface area contributed by atoms with Crippen LogP contribution in [-0.2, 0) is 0 Å². The summed E-state index contributed by atoms with van der Waals surface area (Å²) in [6.07, 6.45) is 5.51. The zero-order valence-electron chi connectivity index (χ0n) is 10.8. The van der Waals surface area contributed by atoms with Gasteiger partial charge in [0.05, 0.1) is 10.2 Å². The molecule has 4 nitrogen and oxygen atoms in total. The lowest BCUT2D eigenvalue weighted by atomic mass is 9.75. The molecule has 1 fully saturated rings. The molecule has 1 saturated carbocycles. The van der Waals surface area contributed by atoms with E-state index in [1.807, 2.05) is 6.07 Å². The van der Waals surface area contributed by atoms with E-state index in [-0.39, 0.29) is 0 Å². The number of fused-ring (bicyclic) bond motifs is 1. The standard InChI is InChI=1S/C13H18N4S/c1-17(2)13(5-3-6-13)8-14-12-11-10(4-7-18-11)15-9-16-12/h4,7,9H,3,5-6,8H2,1-2H3,(H,14,15,16). The van der Waals surface area contributed by atoms with Gasteiger partial charge < -0.3 is 10.2 Å². The Labute approximate surface area is 111 Å². The van der Waals surface area contributed by atoms with Crippen molar-refractivity contribution in [2.75, 3.05) is 26.0 Å². The van der Waals surface area contributed by atoms with Crippen LogP contribution in [0.25, 0.3) is 10.2 Å². The molecule has 0 saturated heterocycles. The first-order valence-electron chi connectivity index (χ1n) is 6.31. The first kappa shape index (κ1) is 11.9. The third-order valence-electron chi connectivity index (χ3n) is 4.06. The summed E-state index contributed by atoms with van der Waals surface area (Å²) in [5.74, 6) is 0.975. The van der Waals surface area contributed by atoms with Crippen molar-refractivity contribution in [3.8, 4) is 0 Å². The normalized spacial score (nSPS) is 17.9. The highest BCUT2D eigenvalue weighted by molar-refractivity contribution is 7.17. The SMILES string of the molecule is CN(C)C1(CNc2ncnc3ccsc23)CCC1. The quantitative estimate of drug-likeness (QED) is 0.919. The maximum atomic E-state index is 4.37. The Hall–Kier alpha value is -1.20. The highest BCUT2D eigenvalue weighted by Crippen LogP contribution is 2.36. The predicted octanol–water partition coefficient (Wildman–Crippen LogP) is 2.59. The summed E-state index contributed by atoms with van der Waals surface area (Å²) < 4.78 is 1.16. The number of nitrogens with one attached hydrogen (secondary N) is 1. The molecule has 0 aliphatic heterocycles. The van der Waals surface area contributed by atoms with Crippen molar-refractivity contribution < 1.29 is 0 Å². The number of rotatable bonds is 4. The number of nitrogens with zero attached hydrogens (tertiary/aromatic N) is 3. The van der Waals surface area contributed by atoms with Crippen LogP contribution in [0.3, 0.4) is 0 Å². The van der Waals surface area contributed by atoms with E-state index in [9.17, 15) is 0 Å². The van der Waals surface area contributed by atoms with Crippen LogP contribution in [0.2, 0.25) is 0 Å². The summed E-state index contributed by atoms with van der Waals surface area (Å²) in [7, 11) is 4.34. The van der Waals surface area contributed by atoms with Crippen molar-refractivity contribution in [1.29, 1.82) is 0 Å². The van der Waals surface area contributed by atoms with Crippen LogP contribution in [0.5, 0.6) is 0 Å².